The fourth-order valence-corrected chi connectivity index (χ4v) is 7.50. The molecule has 1 saturated heterocycles. The van der Waals surface area contributed by atoms with Gasteiger partial charge in [-0.1, -0.05) is 33.6 Å². The molecule has 6 atom stereocenters. The molecule has 0 N–H and O–H groups in total. The summed E-state index contributed by atoms with van der Waals surface area (Å²) >= 11 is 0. The lowest BCUT2D eigenvalue weighted by atomic mass is 9.49. The van der Waals surface area contributed by atoms with Gasteiger partial charge in [-0.2, -0.15) is 0 Å². The molecule has 0 aromatic heterocycles. The fraction of sp³-hybridized carbons (Fsp3) is 0.864. The van der Waals surface area contributed by atoms with Crippen molar-refractivity contribution in [2.45, 2.75) is 72.1 Å². The van der Waals surface area contributed by atoms with E-state index in [4.69, 9.17) is 0 Å². The van der Waals surface area contributed by atoms with E-state index < -0.39 is 0 Å². The summed E-state index contributed by atoms with van der Waals surface area (Å²) in [4.78, 5) is 14.5. The smallest absolute Gasteiger partial charge is 0.157 e. The monoisotopic (exact) mass is 329 g/mol. The summed E-state index contributed by atoms with van der Waals surface area (Å²) in [5.41, 5.74) is 2.18. The maximum atomic E-state index is 12.0. The van der Waals surface area contributed by atoms with E-state index in [0.717, 1.165) is 36.5 Å². The zero-order valence-corrected chi connectivity index (χ0v) is 16.1. The zero-order chi connectivity index (χ0) is 17.1. The molecule has 24 heavy (non-hydrogen) atoms. The first-order valence-electron chi connectivity index (χ1n) is 10.4. The van der Waals surface area contributed by atoms with E-state index in [1.165, 1.54) is 50.8 Å². The second kappa shape index (κ2) is 5.61. The van der Waals surface area contributed by atoms with Crippen LogP contribution in [0.25, 0.3) is 0 Å². The SMILES string of the molecule is CCCC1CC[C@H]2[C@@H]3CN(C)C4=CC(=O)CC[C@]4(C)[C@H]3CC[C@]12C. The van der Waals surface area contributed by atoms with Gasteiger partial charge in [-0.15, -0.1) is 0 Å². The van der Waals surface area contributed by atoms with Crippen LogP contribution in [0.1, 0.15) is 72.1 Å². The van der Waals surface area contributed by atoms with Gasteiger partial charge in [0.25, 0.3) is 0 Å². The molecule has 0 spiro atoms. The normalized spacial score (nSPS) is 47.8. The van der Waals surface area contributed by atoms with E-state index in [2.05, 4.69) is 32.7 Å². The first-order chi connectivity index (χ1) is 11.4. The minimum absolute atomic E-state index is 0.246. The molecule has 0 radical (unpaired) electrons. The van der Waals surface area contributed by atoms with Gasteiger partial charge in [0.15, 0.2) is 5.78 Å². The third-order valence-corrected chi connectivity index (χ3v) is 8.76. The Hall–Kier alpha value is -0.790. The Labute approximate surface area is 148 Å². The van der Waals surface area contributed by atoms with E-state index in [-0.39, 0.29) is 5.41 Å². The third-order valence-electron chi connectivity index (χ3n) is 8.76. The Morgan fingerprint density at radius 2 is 1.96 bits per heavy atom. The van der Waals surface area contributed by atoms with Gasteiger partial charge in [0.1, 0.15) is 0 Å². The van der Waals surface area contributed by atoms with Crippen LogP contribution in [0.5, 0.6) is 0 Å². The Kier molecular flexibility index (Phi) is 3.89. The molecule has 3 aliphatic carbocycles. The molecule has 134 valence electrons. The first-order valence-corrected chi connectivity index (χ1v) is 10.4. The highest BCUT2D eigenvalue weighted by Gasteiger charge is 2.59. The van der Waals surface area contributed by atoms with Crippen molar-refractivity contribution in [2.24, 2.45) is 34.5 Å². The zero-order valence-electron chi connectivity index (χ0n) is 16.1. The molecule has 3 fully saturated rings. The number of ketones is 1. The van der Waals surface area contributed by atoms with Crippen LogP contribution in [0, 0.1) is 34.5 Å². The van der Waals surface area contributed by atoms with Crippen LogP contribution in [-0.4, -0.2) is 24.3 Å². The number of allylic oxidation sites excluding steroid dienone is 2. The van der Waals surface area contributed by atoms with Crippen LogP contribution in [-0.2, 0) is 4.79 Å². The summed E-state index contributed by atoms with van der Waals surface area (Å²) < 4.78 is 0. The van der Waals surface area contributed by atoms with Crippen LogP contribution >= 0.6 is 0 Å². The average Bonchev–Trinajstić information content (AvgIpc) is 2.87. The van der Waals surface area contributed by atoms with Crippen molar-refractivity contribution in [2.75, 3.05) is 13.6 Å². The summed E-state index contributed by atoms with van der Waals surface area (Å²) in [6, 6.07) is 0. The molecule has 0 bridgehead atoms. The lowest BCUT2D eigenvalue weighted by molar-refractivity contribution is -0.119. The molecule has 0 amide bonds. The molecule has 0 aromatic carbocycles. The summed E-state index contributed by atoms with van der Waals surface area (Å²) in [5.74, 6) is 3.84. The van der Waals surface area contributed by atoms with E-state index in [9.17, 15) is 4.79 Å². The topological polar surface area (TPSA) is 20.3 Å². The van der Waals surface area contributed by atoms with Crippen molar-refractivity contribution in [3.63, 3.8) is 0 Å². The molecule has 1 heterocycles. The van der Waals surface area contributed by atoms with E-state index >= 15 is 0 Å². The van der Waals surface area contributed by atoms with Crippen molar-refractivity contribution in [3.05, 3.63) is 11.8 Å². The third kappa shape index (κ3) is 2.17. The van der Waals surface area contributed by atoms with Crippen molar-refractivity contribution >= 4 is 5.78 Å². The first kappa shape index (κ1) is 16.7. The van der Waals surface area contributed by atoms with Crippen molar-refractivity contribution in [1.82, 2.24) is 4.90 Å². The van der Waals surface area contributed by atoms with Gasteiger partial charge < -0.3 is 4.90 Å². The van der Waals surface area contributed by atoms with Crippen LogP contribution in [0.3, 0.4) is 0 Å². The molecule has 4 rings (SSSR count). The lowest BCUT2D eigenvalue weighted by Gasteiger charge is -2.60. The second-order valence-corrected chi connectivity index (χ2v) is 9.78. The molecular formula is C22H35NO. The number of likely N-dealkylation sites (tertiary alicyclic amines) is 1. The van der Waals surface area contributed by atoms with Gasteiger partial charge in [0.2, 0.25) is 0 Å². The molecule has 1 aliphatic heterocycles. The molecule has 4 aliphatic rings. The number of hydrogen-bond donors (Lipinski definition) is 0. The molecule has 1 unspecified atom stereocenters. The Morgan fingerprint density at radius 3 is 2.71 bits per heavy atom. The fourth-order valence-electron chi connectivity index (χ4n) is 7.50. The minimum Gasteiger partial charge on any atom is -0.377 e. The summed E-state index contributed by atoms with van der Waals surface area (Å²) in [7, 11) is 2.24. The predicted molar refractivity (Wildman–Crippen MR) is 98.5 cm³/mol. The lowest BCUT2D eigenvalue weighted by Crippen LogP contribution is -2.56. The van der Waals surface area contributed by atoms with Crippen molar-refractivity contribution in [1.29, 1.82) is 0 Å². The summed E-state index contributed by atoms with van der Waals surface area (Å²) in [6.07, 6.45) is 12.3. The standard InChI is InChI=1S/C22H35NO/c1-5-6-15-7-8-18-17-14-23(4)20-13-16(24)9-11-22(20,3)19(17)10-12-21(15,18)2/h13,15,17-19H,5-12,14H2,1-4H3/t15?,17-,18-,19-,21+,22+/m0/s1. The molecular weight excluding hydrogens is 294 g/mol. The van der Waals surface area contributed by atoms with Crippen molar-refractivity contribution in [3.8, 4) is 0 Å². The highest BCUT2D eigenvalue weighted by Crippen LogP contribution is 2.65. The largest absolute Gasteiger partial charge is 0.377 e. The van der Waals surface area contributed by atoms with Crippen LogP contribution < -0.4 is 0 Å². The van der Waals surface area contributed by atoms with Crippen LogP contribution in [0.2, 0.25) is 0 Å². The number of piperidine rings is 1. The van der Waals surface area contributed by atoms with Gasteiger partial charge >= 0.3 is 0 Å². The van der Waals surface area contributed by atoms with E-state index in [1.54, 1.807) is 0 Å². The highest BCUT2D eigenvalue weighted by molar-refractivity contribution is 5.91. The second-order valence-electron chi connectivity index (χ2n) is 9.78. The number of carbonyl (C=O) groups is 1. The Bertz CT molecular complexity index is 566. The Morgan fingerprint density at radius 1 is 1.17 bits per heavy atom. The molecule has 0 aromatic rings. The average molecular weight is 330 g/mol. The summed E-state index contributed by atoms with van der Waals surface area (Å²) in [6.45, 7) is 8.63. The van der Waals surface area contributed by atoms with Gasteiger partial charge in [0, 0.05) is 37.2 Å². The molecule has 2 nitrogen and oxygen atoms in total. The summed E-state index contributed by atoms with van der Waals surface area (Å²) in [5, 5.41) is 0. The van der Waals surface area contributed by atoms with E-state index in [1.807, 2.05) is 6.08 Å². The molecule has 2 saturated carbocycles. The van der Waals surface area contributed by atoms with Gasteiger partial charge in [-0.05, 0) is 61.2 Å². The number of nitrogens with zero attached hydrogens (tertiary/aromatic N) is 1. The molecule has 2 heteroatoms. The number of rotatable bonds is 2. The van der Waals surface area contributed by atoms with Gasteiger partial charge in [-0.3, -0.25) is 4.79 Å². The van der Waals surface area contributed by atoms with Crippen molar-refractivity contribution < 1.29 is 4.79 Å². The van der Waals surface area contributed by atoms with E-state index in [0.29, 0.717) is 11.2 Å². The van der Waals surface area contributed by atoms with Gasteiger partial charge in [-0.25, -0.2) is 0 Å². The van der Waals surface area contributed by atoms with Gasteiger partial charge in [0.05, 0.1) is 0 Å². The predicted octanol–water partition coefficient (Wildman–Crippen LogP) is 5.04. The highest BCUT2D eigenvalue weighted by atomic mass is 16.1. The number of hydrogen-bond acceptors (Lipinski definition) is 2. The van der Waals surface area contributed by atoms with Crippen LogP contribution in [0.15, 0.2) is 11.8 Å². The maximum Gasteiger partial charge on any atom is 0.157 e. The number of carbonyl (C=O) groups excluding carboxylic acids is 1. The van der Waals surface area contributed by atoms with Crippen LogP contribution in [0.4, 0.5) is 0 Å². The number of fused-ring (bicyclic) bond motifs is 5. The Balaban J connectivity index is 1.67. The quantitative estimate of drug-likeness (QED) is 0.707. The minimum atomic E-state index is 0.246. The maximum absolute atomic E-state index is 12.0.